The van der Waals surface area contributed by atoms with E-state index in [1.165, 1.54) is 38.7 Å². The van der Waals surface area contributed by atoms with E-state index >= 15 is 0 Å². The summed E-state index contributed by atoms with van der Waals surface area (Å²) in [5.41, 5.74) is 7.71. The van der Waals surface area contributed by atoms with Crippen molar-refractivity contribution in [3.05, 3.63) is 39.8 Å². The van der Waals surface area contributed by atoms with E-state index in [0.29, 0.717) is 33.4 Å². The molecule has 0 bridgehead atoms. The smallest absolute Gasteiger partial charge is 0.251 e. The largest absolute Gasteiger partial charge is 0.493 e. The number of primary amides is 1. The summed E-state index contributed by atoms with van der Waals surface area (Å²) in [4.78, 5) is 25.5. The lowest BCUT2D eigenvalue weighted by Crippen LogP contribution is -2.17. The fraction of sp³-hybridized carbons (Fsp3) is 0.333. The molecule has 0 aliphatic heterocycles. The van der Waals surface area contributed by atoms with Crippen LogP contribution in [0.1, 0.15) is 39.2 Å². The molecule has 154 valence electrons. The molecule has 0 spiro atoms. The molecule has 1 aromatic carbocycles. The Kier molecular flexibility index (Phi) is 6.43. The number of methoxy groups -OCH3 is 3. The maximum absolute atomic E-state index is 12.5. The molecular weight excluding hydrogens is 392 g/mol. The molecule has 1 aromatic heterocycles. The third kappa shape index (κ3) is 4.37. The number of anilines is 1. The van der Waals surface area contributed by atoms with Crippen molar-refractivity contribution in [1.29, 1.82) is 0 Å². The van der Waals surface area contributed by atoms with Gasteiger partial charge in [0, 0.05) is 11.0 Å². The number of fused-ring (bicyclic) bond motifs is 1. The number of carbonyl (C=O) groups is 2. The van der Waals surface area contributed by atoms with Gasteiger partial charge in [0.15, 0.2) is 11.5 Å². The van der Waals surface area contributed by atoms with Crippen molar-refractivity contribution in [2.24, 2.45) is 5.73 Å². The number of ether oxygens (including phenoxy) is 3. The van der Waals surface area contributed by atoms with Gasteiger partial charge in [-0.1, -0.05) is 0 Å². The Bertz CT molecular complexity index is 939. The van der Waals surface area contributed by atoms with E-state index in [1.54, 1.807) is 18.2 Å². The SMILES string of the molecule is COc1cc(C=CC(=O)Nc2sc3c(c2C(N)=O)CCCC3)cc(OC)c1OC. The molecule has 0 radical (unpaired) electrons. The van der Waals surface area contributed by atoms with Crippen LogP contribution in [0, 0.1) is 0 Å². The van der Waals surface area contributed by atoms with Crippen LogP contribution in [0.15, 0.2) is 18.2 Å². The highest BCUT2D eigenvalue weighted by Crippen LogP contribution is 2.39. The number of amides is 2. The molecule has 0 atom stereocenters. The second-order valence-electron chi connectivity index (χ2n) is 6.56. The number of rotatable bonds is 7. The molecule has 0 saturated carbocycles. The summed E-state index contributed by atoms with van der Waals surface area (Å²) in [6.45, 7) is 0. The third-order valence-corrected chi connectivity index (χ3v) is 5.98. The standard InChI is InChI=1S/C21H24N2O5S/c1-26-14-10-12(11-15(27-2)19(14)28-3)8-9-17(24)23-21-18(20(22)25)13-6-4-5-7-16(13)29-21/h8-11H,4-7H2,1-3H3,(H2,22,25)(H,23,24). The van der Waals surface area contributed by atoms with Gasteiger partial charge in [-0.2, -0.15) is 0 Å². The number of carbonyl (C=O) groups excluding carboxylic acids is 2. The molecular formula is C21H24N2O5S. The Hall–Kier alpha value is -3.00. The zero-order chi connectivity index (χ0) is 21.0. The molecule has 8 heteroatoms. The predicted molar refractivity (Wildman–Crippen MR) is 113 cm³/mol. The molecule has 3 N–H and O–H groups in total. The lowest BCUT2D eigenvalue weighted by Gasteiger charge is -2.12. The second kappa shape index (κ2) is 9.00. The third-order valence-electron chi connectivity index (χ3n) is 4.77. The van der Waals surface area contributed by atoms with Gasteiger partial charge in [0.05, 0.1) is 26.9 Å². The van der Waals surface area contributed by atoms with Crippen LogP contribution in [-0.2, 0) is 17.6 Å². The lowest BCUT2D eigenvalue weighted by molar-refractivity contribution is -0.111. The number of benzene rings is 1. The summed E-state index contributed by atoms with van der Waals surface area (Å²) in [6.07, 6.45) is 6.87. The van der Waals surface area contributed by atoms with Crippen LogP contribution in [0.4, 0.5) is 5.00 Å². The molecule has 0 unspecified atom stereocenters. The van der Waals surface area contributed by atoms with Gasteiger partial charge in [0.25, 0.3) is 5.91 Å². The summed E-state index contributed by atoms with van der Waals surface area (Å²) < 4.78 is 15.9. The average molecular weight is 416 g/mol. The average Bonchev–Trinajstić information content (AvgIpc) is 3.09. The molecule has 1 aliphatic carbocycles. The molecule has 29 heavy (non-hydrogen) atoms. The van der Waals surface area contributed by atoms with E-state index in [2.05, 4.69) is 5.32 Å². The number of hydrogen-bond donors (Lipinski definition) is 2. The lowest BCUT2D eigenvalue weighted by atomic mass is 9.95. The fourth-order valence-corrected chi connectivity index (χ4v) is 4.74. The van der Waals surface area contributed by atoms with Gasteiger partial charge in [0.1, 0.15) is 5.00 Å². The van der Waals surface area contributed by atoms with Crippen molar-refractivity contribution in [3.8, 4) is 17.2 Å². The van der Waals surface area contributed by atoms with Gasteiger partial charge in [0.2, 0.25) is 11.7 Å². The summed E-state index contributed by atoms with van der Waals surface area (Å²) in [6, 6.07) is 3.48. The Morgan fingerprint density at radius 2 is 1.72 bits per heavy atom. The summed E-state index contributed by atoms with van der Waals surface area (Å²) in [5, 5.41) is 3.32. The van der Waals surface area contributed by atoms with Gasteiger partial charge >= 0.3 is 0 Å². The number of thiophene rings is 1. The Labute approximate surface area is 173 Å². The number of nitrogens with one attached hydrogen (secondary N) is 1. The van der Waals surface area contributed by atoms with Crippen LogP contribution in [0.3, 0.4) is 0 Å². The van der Waals surface area contributed by atoms with E-state index in [4.69, 9.17) is 19.9 Å². The van der Waals surface area contributed by atoms with Crippen molar-refractivity contribution in [2.45, 2.75) is 25.7 Å². The zero-order valence-electron chi connectivity index (χ0n) is 16.7. The maximum atomic E-state index is 12.5. The van der Waals surface area contributed by atoms with Gasteiger partial charge in [-0.05, 0) is 55.0 Å². The van der Waals surface area contributed by atoms with Crippen LogP contribution in [-0.4, -0.2) is 33.1 Å². The summed E-state index contributed by atoms with van der Waals surface area (Å²) in [7, 11) is 4.59. The van der Waals surface area contributed by atoms with Crippen LogP contribution >= 0.6 is 11.3 Å². The van der Waals surface area contributed by atoms with E-state index in [-0.39, 0.29) is 5.91 Å². The first-order valence-corrected chi connectivity index (χ1v) is 10.0. The minimum Gasteiger partial charge on any atom is -0.493 e. The monoisotopic (exact) mass is 416 g/mol. The van der Waals surface area contributed by atoms with Crippen LogP contribution in [0.2, 0.25) is 0 Å². The summed E-state index contributed by atoms with van der Waals surface area (Å²) >= 11 is 1.43. The first-order valence-electron chi connectivity index (χ1n) is 9.21. The maximum Gasteiger partial charge on any atom is 0.251 e. The molecule has 0 saturated heterocycles. The Morgan fingerprint density at radius 3 is 2.31 bits per heavy atom. The second-order valence-corrected chi connectivity index (χ2v) is 7.67. The number of nitrogens with two attached hydrogens (primary N) is 1. The Balaban J connectivity index is 1.82. The van der Waals surface area contributed by atoms with Crippen molar-refractivity contribution >= 4 is 34.2 Å². The predicted octanol–water partition coefficient (Wildman–Crippen LogP) is 3.40. The van der Waals surface area contributed by atoms with Crippen LogP contribution in [0.25, 0.3) is 6.08 Å². The highest BCUT2D eigenvalue weighted by molar-refractivity contribution is 7.17. The molecule has 2 amide bonds. The van der Waals surface area contributed by atoms with E-state index in [1.807, 2.05) is 0 Å². The van der Waals surface area contributed by atoms with Crippen molar-refractivity contribution in [3.63, 3.8) is 0 Å². The van der Waals surface area contributed by atoms with Crippen molar-refractivity contribution < 1.29 is 23.8 Å². The van der Waals surface area contributed by atoms with Gasteiger partial charge in [-0.3, -0.25) is 9.59 Å². The molecule has 2 aromatic rings. The van der Waals surface area contributed by atoms with Gasteiger partial charge < -0.3 is 25.3 Å². The summed E-state index contributed by atoms with van der Waals surface area (Å²) in [5.74, 6) is 0.614. The highest BCUT2D eigenvalue weighted by Gasteiger charge is 2.24. The minimum atomic E-state index is -0.506. The fourth-order valence-electron chi connectivity index (χ4n) is 3.44. The van der Waals surface area contributed by atoms with E-state index in [9.17, 15) is 9.59 Å². The van der Waals surface area contributed by atoms with Crippen molar-refractivity contribution in [1.82, 2.24) is 0 Å². The van der Waals surface area contributed by atoms with Gasteiger partial charge in [-0.15, -0.1) is 11.3 Å². The minimum absolute atomic E-state index is 0.347. The molecule has 1 aliphatic rings. The highest BCUT2D eigenvalue weighted by atomic mass is 32.1. The van der Waals surface area contributed by atoms with Crippen LogP contribution < -0.4 is 25.3 Å². The normalized spacial score (nSPS) is 13.1. The topological polar surface area (TPSA) is 99.9 Å². The quantitative estimate of drug-likeness (QED) is 0.674. The first-order chi connectivity index (χ1) is 14.0. The van der Waals surface area contributed by atoms with E-state index in [0.717, 1.165) is 36.1 Å². The molecule has 3 rings (SSSR count). The molecule has 0 fully saturated rings. The number of hydrogen-bond acceptors (Lipinski definition) is 6. The first kappa shape index (κ1) is 20.7. The Morgan fingerprint density at radius 1 is 1.07 bits per heavy atom. The van der Waals surface area contributed by atoms with E-state index < -0.39 is 5.91 Å². The zero-order valence-corrected chi connectivity index (χ0v) is 17.5. The van der Waals surface area contributed by atoms with Gasteiger partial charge in [-0.25, -0.2) is 0 Å². The van der Waals surface area contributed by atoms with Crippen molar-refractivity contribution in [2.75, 3.05) is 26.6 Å². The number of aryl methyl sites for hydroxylation is 1. The molecule has 7 nitrogen and oxygen atoms in total. The molecule has 1 heterocycles. The van der Waals surface area contributed by atoms with Crippen LogP contribution in [0.5, 0.6) is 17.2 Å².